The minimum atomic E-state index is -0.592. The molecule has 0 fully saturated rings. The van der Waals surface area contributed by atoms with Crippen molar-refractivity contribution < 1.29 is 9.18 Å². The summed E-state index contributed by atoms with van der Waals surface area (Å²) < 4.78 is 18.4. The predicted octanol–water partition coefficient (Wildman–Crippen LogP) is 2.30. The molecule has 1 aliphatic rings. The van der Waals surface area contributed by atoms with E-state index in [1.807, 2.05) is 29.9 Å². The Labute approximate surface area is 204 Å². The number of hydrogen-bond acceptors (Lipinski definition) is 6. The Balaban J connectivity index is 1.26. The van der Waals surface area contributed by atoms with Crippen molar-refractivity contribution in [3.63, 3.8) is 0 Å². The van der Waals surface area contributed by atoms with Crippen molar-refractivity contribution >= 4 is 16.7 Å². The molecule has 0 atom stereocenters. The van der Waals surface area contributed by atoms with Gasteiger partial charge in [0.1, 0.15) is 5.82 Å². The molecule has 0 aliphatic carbocycles. The number of H-pyrrole nitrogens is 1. The summed E-state index contributed by atoms with van der Waals surface area (Å²) in [5.74, 6) is 0.324. The highest BCUT2D eigenvalue weighted by Crippen LogP contribution is 2.24. The maximum absolute atomic E-state index is 14.8. The third kappa shape index (κ3) is 3.74. The zero-order valence-electron chi connectivity index (χ0n) is 19.3. The summed E-state index contributed by atoms with van der Waals surface area (Å²) in [6.45, 7) is 1.11. The highest BCUT2D eigenvalue weighted by Gasteiger charge is 2.27. The normalized spacial score (nSPS) is 13.2. The number of aromatic nitrogens is 7. The van der Waals surface area contributed by atoms with Crippen molar-refractivity contribution in [3.8, 4) is 11.4 Å². The van der Waals surface area contributed by atoms with Gasteiger partial charge in [-0.1, -0.05) is 24.3 Å². The van der Waals surface area contributed by atoms with Crippen LogP contribution in [0.25, 0.3) is 22.2 Å². The average molecular weight is 484 g/mol. The molecule has 11 heteroatoms. The number of carbonyl (C=O) groups excluding carboxylic acids is 1. The van der Waals surface area contributed by atoms with Crippen LogP contribution in [0.1, 0.15) is 27.4 Å². The van der Waals surface area contributed by atoms with Crippen molar-refractivity contribution in [1.82, 2.24) is 39.6 Å². The zero-order chi connectivity index (χ0) is 24.8. The first kappa shape index (κ1) is 21.8. The lowest BCUT2D eigenvalue weighted by Crippen LogP contribution is -2.39. The summed E-state index contributed by atoms with van der Waals surface area (Å²) >= 11 is 0. The minimum absolute atomic E-state index is 0.0123. The molecule has 0 unspecified atom stereocenters. The van der Waals surface area contributed by atoms with Crippen molar-refractivity contribution in [2.24, 2.45) is 7.05 Å². The van der Waals surface area contributed by atoms with Gasteiger partial charge in [-0.25, -0.2) is 9.49 Å². The zero-order valence-corrected chi connectivity index (χ0v) is 19.3. The Hall–Kier alpha value is -4.67. The van der Waals surface area contributed by atoms with Gasteiger partial charge in [-0.2, -0.15) is 10.2 Å². The van der Waals surface area contributed by atoms with Gasteiger partial charge in [0.25, 0.3) is 11.5 Å². The van der Waals surface area contributed by atoms with Crippen LogP contribution in [0.5, 0.6) is 0 Å². The molecule has 0 bridgehead atoms. The molecule has 1 aliphatic heterocycles. The van der Waals surface area contributed by atoms with Gasteiger partial charge in [-0.05, 0) is 23.8 Å². The Bertz CT molecular complexity index is 1690. The van der Waals surface area contributed by atoms with E-state index in [1.165, 1.54) is 6.07 Å². The van der Waals surface area contributed by atoms with E-state index < -0.39 is 11.7 Å². The van der Waals surface area contributed by atoms with Crippen molar-refractivity contribution in [2.75, 3.05) is 6.54 Å². The number of halogens is 1. The second-order valence-corrected chi connectivity index (χ2v) is 8.76. The Morgan fingerprint density at radius 1 is 1.11 bits per heavy atom. The highest BCUT2D eigenvalue weighted by atomic mass is 19.1. The number of hydrogen-bond donors (Lipinski definition) is 1. The Kier molecular flexibility index (Phi) is 5.17. The second-order valence-electron chi connectivity index (χ2n) is 8.76. The van der Waals surface area contributed by atoms with Crippen LogP contribution in [0.4, 0.5) is 4.39 Å². The molecule has 6 rings (SSSR count). The van der Waals surface area contributed by atoms with Crippen LogP contribution in [0.15, 0.2) is 59.7 Å². The number of nitrogens with zero attached hydrogens (tertiary/aromatic N) is 7. The minimum Gasteiger partial charge on any atom is -0.329 e. The van der Waals surface area contributed by atoms with Crippen molar-refractivity contribution in [1.29, 1.82) is 0 Å². The summed E-state index contributed by atoms with van der Waals surface area (Å²) in [5.41, 5.74) is 1.92. The molecule has 0 saturated heterocycles. The fourth-order valence-electron chi connectivity index (χ4n) is 4.60. The number of aromatic amines is 1. The summed E-state index contributed by atoms with van der Waals surface area (Å²) in [4.78, 5) is 27.0. The lowest BCUT2D eigenvalue weighted by atomic mass is 10.0. The van der Waals surface area contributed by atoms with Gasteiger partial charge in [0.05, 0.1) is 34.9 Å². The first-order chi connectivity index (χ1) is 17.5. The van der Waals surface area contributed by atoms with Crippen LogP contribution in [-0.2, 0) is 26.6 Å². The Morgan fingerprint density at radius 2 is 1.94 bits per heavy atom. The number of rotatable bonds is 4. The van der Waals surface area contributed by atoms with Crippen LogP contribution in [0.3, 0.4) is 0 Å². The van der Waals surface area contributed by atoms with E-state index in [4.69, 9.17) is 0 Å². The van der Waals surface area contributed by atoms with E-state index in [2.05, 4.69) is 25.5 Å². The van der Waals surface area contributed by atoms with Crippen LogP contribution in [0, 0.1) is 5.82 Å². The standard InChI is InChI=1S/C25H21FN8O2/c1-32-13-16(12-27-32)23-30-29-22-14-33(8-9-34(22)23)25(36)19-10-15(6-7-20(19)26)11-21-17-4-2-3-5-18(17)24(35)31-28-21/h2-7,10,12-13H,8-9,11,14H2,1H3,(H,31,35). The molecule has 0 spiro atoms. The summed E-state index contributed by atoms with van der Waals surface area (Å²) in [5, 5.41) is 20.7. The van der Waals surface area contributed by atoms with Gasteiger partial charge in [0.15, 0.2) is 11.6 Å². The van der Waals surface area contributed by atoms with Crippen LogP contribution >= 0.6 is 0 Å². The smallest absolute Gasteiger partial charge is 0.272 e. The van der Waals surface area contributed by atoms with E-state index >= 15 is 0 Å². The van der Waals surface area contributed by atoms with Gasteiger partial charge < -0.3 is 9.47 Å². The molecule has 3 aromatic heterocycles. The monoisotopic (exact) mass is 484 g/mol. The lowest BCUT2D eigenvalue weighted by Gasteiger charge is -2.28. The van der Waals surface area contributed by atoms with Gasteiger partial charge in [-0.15, -0.1) is 10.2 Å². The topological polar surface area (TPSA) is 115 Å². The van der Waals surface area contributed by atoms with E-state index in [9.17, 15) is 14.0 Å². The van der Waals surface area contributed by atoms with Crippen molar-refractivity contribution in [2.45, 2.75) is 19.5 Å². The first-order valence-electron chi connectivity index (χ1n) is 11.4. The van der Waals surface area contributed by atoms with E-state index in [-0.39, 0.29) is 17.7 Å². The maximum Gasteiger partial charge on any atom is 0.272 e. The molecule has 0 saturated carbocycles. The largest absolute Gasteiger partial charge is 0.329 e. The molecule has 2 aromatic carbocycles. The summed E-state index contributed by atoms with van der Waals surface area (Å²) in [7, 11) is 1.83. The van der Waals surface area contributed by atoms with Crippen molar-refractivity contribution in [3.05, 3.63) is 93.7 Å². The predicted molar refractivity (Wildman–Crippen MR) is 129 cm³/mol. The number of carbonyl (C=O) groups is 1. The van der Waals surface area contributed by atoms with E-state index in [1.54, 1.807) is 40.0 Å². The average Bonchev–Trinajstić information content (AvgIpc) is 3.52. The number of fused-ring (bicyclic) bond motifs is 2. The van der Waals surface area contributed by atoms with Gasteiger partial charge in [0, 0.05) is 38.1 Å². The number of nitrogens with one attached hydrogen (secondary N) is 1. The number of benzene rings is 2. The van der Waals surface area contributed by atoms with E-state index in [0.29, 0.717) is 47.8 Å². The fourth-order valence-corrected chi connectivity index (χ4v) is 4.60. The molecule has 180 valence electrons. The van der Waals surface area contributed by atoms with Gasteiger partial charge in [-0.3, -0.25) is 14.3 Å². The molecular weight excluding hydrogens is 463 g/mol. The first-order valence-corrected chi connectivity index (χ1v) is 11.4. The fraction of sp³-hybridized carbons (Fsp3) is 0.200. The molecule has 5 aromatic rings. The lowest BCUT2D eigenvalue weighted by molar-refractivity contribution is 0.0703. The quantitative estimate of drug-likeness (QED) is 0.419. The third-order valence-corrected chi connectivity index (χ3v) is 6.41. The van der Waals surface area contributed by atoms with Crippen LogP contribution in [-0.4, -0.2) is 52.1 Å². The second kappa shape index (κ2) is 8.52. The number of aryl methyl sites for hydroxylation is 1. The summed E-state index contributed by atoms with van der Waals surface area (Å²) in [6.07, 6.45) is 3.91. The molecule has 4 heterocycles. The Morgan fingerprint density at radius 3 is 2.75 bits per heavy atom. The molecular formula is C25H21FN8O2. The third-order valence-electron chi connectivity index (χ3n) is 6.41. The van der Waals surface area contributed by atoms with E-state index in [0.717, 1.165) is 10.9 Å². The summed E-state index contributed by atoms with van der Waals surface area (Å²) in [6, 6.07) is 11.7. The van der Waals surface area contributed by atoms with Gasteiger partial charge in [0.2, 0.25) is 0 Å². The van der Waals surface area contributed by atoms with Crippen LogP contribution in [0.2, 0.25) is 0 Å². The highest BCUT2D eigenvalue weighted by molar-refractivity contribution is 5.94. The molecule has 10 nitrogen and oxygen atoms in total. The SMILES string of the molecule is Cn1cc(-c2nnc3n2CCN(C(=O)c2cc(Cc4n[nH]c(=O)c5ccccc45)ccc2F)C3)cn1. The van der Waals surface area contributed by atoms with Crippen LogP contribution < -0.4 is 5.56 Å². The van der Waals surface area contributed by atoms with Gasteiger partial charge >= 0.3 is 0 Å². The molecule has 36 heavy (non-hydrogen) atoms. The molecule has 0 radical (unpaired) electrons. The number of amides is 1. The molecule has 1 amide bonds. The molecule has 1 N–H and O–H groups in total. The maximum atomic E-state index is 14.8.